The van der Waals surface area contributed by atoms with Gasteiger partial charge in [0.2, 0.25) is 0 Å². The molecule has 0 aromatic carbocycles. The number of rotatable bonds is 4. The summed E-state index contributed by atoms with van der Waals surface area (Å²) in [4.78, 5) is 0. The molecule has 0 aromatic rings. The summed E-state index contributed by atoms with van der Waals surface area (Å²) in [6.45, 7) is 10.1. The van der Waals surface area contributed by atoms with Crippen molar-refractivity contribution in [3.8, 4) is 0 Å². The van der Waals surface area contributed by atoms with Gasteiger partial charge in [0.1, 0.15) is 0 Å². The highest BCUT2D eigenvalue weighted by atomic mass is 16.3. The van der Waals surface area contributed by atoms with E-state index in [1.807, 2.05) is 6.08 Å². The summed E-state index contributed by atoms with van der Waals surface area (Å²) >= 11 is 0. The first-order chi connectivity index (χ1) is 8.13. The Hall–Kier alpha value is -0.560. The zero-order valence-corrected chi connectivity index (χ0v) is 11.1. The number of fused-ring (bicyclic) bond motifs is 1. The molecule has 2 aliphatic rings. The molecule has 0 radical (unpaired) electrons. The van der Waals surface area contributed by atoms with Gasteiger partial charge in [0.15, 0.2) is 0 Å². The van der Waals surface area contributed by atoms with E-state index in [0.717, 1.165) is 12.8 Å². The van der Waals surface area contributed by atoms with E-state index in [2.05, 4.69) is 26.2 Å². The van der Waals surface area contributed by atoms with E-state index < -0.39 is 0 Å². The summed E-state index contributed by atoms with van der Waals surface area (Å²) in [6, 6.07) is 0. The Kier molecular flexibility index (Phi) is 3.77. The van der Waals surface area contributed by atoms with Crippen LogP contribution in [0.5, 0.6) is 0 Å². The molecule has 0 saturated heterocycles. The highest BCUT2D eigenvalue weighted by molar-refractivity contribution is 5.05. The molecule has 0 bridgehead atoms. The number of allylic oxidation sites excluding steroid dienone is 2. The summed E-state index contributed by atoms with van der Waals surface area (Å²) in [5.74, 6) is 2.05. The first-order valence-corrected chi connectivity index (χ1v) is 7.05. The molecule has 0 spiro atoms. The third kappa shape index (κ3) is 2.10. The molecule has 2 aliphatic carbocycles. The molecule has 1 nitrogen and oxygen atoms in total. The zero-order chi connectivity index (χ0) is 12.5. The van der Waals surface area contributed by atoms with Crippen molar-refractivity contribution in [2.24, 2.45) is 23.2 Å². The fourth-order valence-corrected chi connectivity index (χ4v) is 4.31. The Morgan fingerprint density at radius 3 is 2.71 bits per heavy atom. The van der Waals surface area contributed by atoms with Crippen LogP contribution in [0.4, 0.5) is 0 Å². The number of aliphatic hydroxyl groups excluding tert-OH is 1. The Bertz CT molecular complexity index is 296. The summed E-state index contributed by atoms with van der Waals surface area (Å²) in [5.41, 5.74) is 0.172. The highest BCUT2D eigenvalue weighted by Crippen LogP contribution is 2.57. The predicted molar refractivity (Wildman–Crippen MR) is 72.7 cm³/mol. The van der Waals surface area contributed by atoms with E-state index in [1.54, 1.807) is 0 Å². The first kappa shape index (κ1) is 12.9. The first-order valence-electron chi connectivity index (χ1n) is 7.05. The molecule has 5 unspecified atom stereocenters. The van der Waals surface area contributed by atoms with Crippen molar-refractivity contribution in [2.45, 2.75) is 51.6 Å². The Labute approximate surface area is 106 Å². The molecule has 17 heavy (non-hydrogen) atoms. The Morgan fingerprint density at radius 2 is 2.06 bits per heavy atom. The van der Waals surface area contributed by atoms with Gasteiger partial charge in [-0.25, -0.2) is 0 Å². The summed E-state index contributed by atoms with van der Waals surface area (Å²) in [5, 5.41) is 10.2. The van der Waals surface area contributed by atoms with Crippen molar-refractivity contribution in [3.05, 3.63) is 25.3 Å². The third-order valence-electron chi connectivity index (χ3n) is 5.45. The van der Waals surface area contributed by atoms with Crippen LogP contribution in [0.3, 0.4) is 0 Å². The van der Waals surface area contributed by atoms with E-state index in [-0.39, 0.29) is 11.5 Å². The van der Waals surface area contributed by atoms with E-state index in [4.69, 9.17) is 0 Å². The van der Waals surface area contributed by atoms with Gasteiger partial charge in [-0.2, -0.15) is 0 Å². The fourth-order valence-electron chi connectivity index (χ4n) is 4.31. The fraction of sp³-hybridized carbons (Fsp3) is 0.750. The minimum Gasteiger partial charge on any atom is -0.393 e. The highest BCUT2D eigenvalue weighted by Gasteiger charge is 2.52. The summed E-state index contributed by atoms with van der Waals surface area (Å²) < 4.78 is 0. The average molecular weight is 234 g/mol. The molecule has 5 atom stereocenters. The molecule has 1 heteroatoms. The lowest BCUT2D eigenvalue weighted by Gasteiger charge is -2.47. The molecule has 2 rings (SSSR count). The molecule has 2 fully saturated rings. The molecule has 1 N–H and O–H groups in total. The van der Waals surface area contributed by atoms with Gasteiger partial charge < -0.3 is 5.11 Å². The summed E-state index contributed by atoms with van der Waals surface area (Å²) in [7, 11) is 0. The van der Waals surface area contributed by atoms with Crippen molar-refractivity contribution in [3.63, 3.8) is 0 Å². The minimum absolute atomic E-state index is 0.0792. The van der Waals surface area contributed by atoms with Crippen molar-refractivity contribution in [2.75, 3.05) is 0 Å². The molecule has 2 saturated carbocycles. The van der Waals surface area contributed by atoms with Crippen LogP contribution < -0.4 is 0 Å². The second-order valence-corrected chi connectivity index (χ2v) is 6.17. The van der Waals surface area contributed by atoms with Crippen LogP contribution in [0.1, 0.15) is 45.4 Å². The normalized spacial score (nSPS) is 45.3. The Balaban J connectivity index is 2.17. The van der Waals surface area contributed by atoms with Gasteiger partial charge in [0, 0.05) is 0 Å². The van der Waals surface area contributed by atoms with Gasteiger partial charge in [-0.05, 0) is 61.7 Å². The van der Waals surface area contributed by atoms with Crippen molar-refractivity contribution >= 4 is 0 Å². The van der Waals surface area contributed by atoms with Crippen LogP contribution in [0.2, 0.25) is 0 Å². The molecule has 96 valence electrons. The number of hydrogen-bond acceptors (Lipinski definition) is 1. The minimum atomic E-state index is -0.0792. The van der Waals surface area contributed by atoms with E-state index >= 15 is 0 Å². The molecule has 0 heterocycles. The molecule has 0 amide bonds. The smallest absolute Gasteiger partial charge is 0.0596 e. The van der Waals surface area contributed by atoms with E-state index in [0.29, 0.717) is 17.8 Å². The maximum Gasteiger partial charge on any atom is 0.0596 e. The zero-order valence-electron chi connectivity index (χ0n) is 11.1. The van der Waals surface area contributed by atoms with Gasteiger partial charge in [-0.15, -0.1) is 13.2 Å². The SMILES string of the molecule is C=CCCC1C(C=C)CCC2(C)C(O)CCC12. The van der Waals surface area contributed by atoms with Crippen molar-refractivity contribution in [1.82, 2.24) is 0 Å². The van der Waals surface area contributed by atoms with Crippen LogP contribution in [-0.4, -0.2) is 11.2 Å². The second-order valence-electron chi connectivity index (χ2n) is 6.17. The lowest BCUT2D eigenvalue weighted by atomic mass is 9.59. The monoisotopic (exact) mass is 234 g/mol. The van der Waals surface area contributed by atoms with Gasteiger partial charge in [0.05, 0.1) is 6.10 Å². The van der Waals surface area contributed by atoms with Crippen LogP contribution in [0.15, 0.2) is 25.3 Å². The molecular formula is C16H26O. The van der Waals surface area contributed by atoms with Crippen LogP contribution in [-0.2, 0) is 0 Å². The molecular weight excluding hydrogens is 208 g/mol. The van der Waals surface area contributed by atoms with Crippen LogP contribution in [0.25, 0.3) is 0 Å². The van der Waals surface area contributed by atoms with Gasteiger partial charge in [0.25, 0.3) is 0 Å². The van der Waals surface area contributed by atoms with E-state index in [1.165, 1.54) is 25.7 Å². The Morgan fingerprint density at radius 1 is 1.29 bits per heavy atom. The quantitative estimate of drug-likeness (QED) is 0.730. The summed E-state index contributed by atoms with van der Waals surface area (Å²) in [6.07, 6.45) is 11.0. The topological polar surface area (TPSA) is 20.2 Å². The van der Waals surface area contributed by atoms with E-state index in [9.17, 15) is 5.11 Å². The maximum absolute atomic E-state index is 10.2. The second kappa shape index (κ2) is 4.97. The van der Waals surface area contributed by atoms with Crippen molar-refractivity contribution in [1.29, 1.82) is 0 Å². The largest absolute Gasteiger partial charge is 0.393 e. The standard InChI is InChI=1S/C16H26O/c1-4-6-7-13-12(5-2)10-11-16(3)14(13)8-9-15(16)17/h4-5,12-15,17H,1-2,6-11H2,3H3. The number of aliphatic hydroxyl groups is 1. The maximum atomic E-state index is 10.2. The lowest BCUT2D eigenvalue weighted by Crippen LogP contribution is -2.42. The number of hydrogen-bond donors (Lipinski definition) is 1. The van der Waals surface area contributed by atoms with Gasteiger partial charge in [-0.1, -0.05) is 19.1 Å². The average Bonchev–Trinajstić information content (AvgIpc) is 2.63. The lowest BCUT2D eigenvalue weighted by molar-refractivity contribution is -0.0258. The molecule has 0 aliphatic heterocycles. The van der Waals surface area contributed by atoms with Crippen LogP contribution in [0, 0.1) is 23.2 Å². The predicted octanol–water partition coefficient (Wildman–Crippen LogP) is 3.94. The van der Waals surface area contributed by atoms with Crippen molar-refractivity contribution < 1.29 is 5.11 Å². The van der Waals surface area contributed by atoms with Gasteiger partial charge >= 0.3 is 0 Å². The van der Waals surface area contributed by atoms with Crippen LogP contribution >= 0.6 is 0 Å². The third-order valence-corrected chi connectivity index (χ3v) is 5.45. The molecule has 0 aromatic heterocycles. The van der Waals surface area contributed by atoms with Gasteiger partial charge in [-0.3, -0.25) is 0 Å².